The second kappa shape index (κ2) is 9.16. The maximum absolute atomic E-state index is 13.7. The van der Waals surface area contributed by atoms with Crippen molar-refractivity contribution >= 4 is 17.7 Å². The molecule has 1 heterocycles. The summed E-state index contributed by atoms with van der Waals surface area (Å²) >= 11 is 6.17. The van der Waals surface area contributed by atoms with Crippen molar-refractivity contribution in [3.8, 4) is 5.75 Å². The Morgan fingerprint density at radius 2 is 1.73 bits per heavy atom. The minimum Gasteiger partial charge on any atom is -0.410 e. The Hall–Kier alpha value is -2.89. The van der Waals surface area contributed by atoms with Crippen LogP contribution in [-0.2, 0) is 6.42 Å². The van der Waals surface area contributed by atoms with Crippen molar-refractivity contribution in [2.75, 3.05) is 13.1 Å². The van der Waals surface area contributed by atoms with Gasteiger partial charge in [-0.15, -0.1) is 0 Å². The number of hydrogen-bond acceptors (Lipinski definition) is 3. The van der Waals surface area contributed by atoms with Gasteiger partial charge < -0.3 is 10.1 Å². The fourth-order valence-corrected chi connectivity index (χ4v) is 5.15. The molecule has 1 aliphatic heterocycles. The molecule has 0 bridgehead atoms. The number of hydrogen-bond donors (Lipinski definition) is 1. The van der Waals surface area contributed by atoms with Gasteiger partial charge in [0.2, 0.25) is 0 Å². The van der Waals surface area contributed by atoms with Gasteiger partial charge in [-0.3, -0.25) is 4.90 Å². The van der Waals surface area contributed by atoms with Gasteiger partial charge in [0.05, 0.1) is 5.54 Å². The molecule has 0 aromatic heterocycles. The monoisotopic (exact) mass is 464 g/mol. The molecule has 2 aliphatic rings. The van der Waals surface area contributed by atoms with E-state index in [0.717, 1.165) is 24.9 Å². The van der Waals surface area contributed by atoms with E-state index in [9.17, 15) is 9.18 Å². The van der Waals surface area contributed by atoms with Crippen LogP contribution in [0, 0.1) is 5.82 Å². The van der Waals surface area contributed by atoms with E-state index in [1.165, 1.54) is 29.8 Å². The second-order valence-electron chi connectivity index (χ2n) is 8.92. The molecule has 3 aromatic carbocycles. The molecule has 0 spiro atoms. The normalized spacial score (nSPS) is 22.2. The topological polar surface area (TPSA) is 41.6 Å². The lowest BCUT2D eigenvalue weighted by atomic mass is 9.76. The summed E-state index contributed by atoms with van der Waals surface area (Å²) in [6.45, 7) is 1.41. The summed E-state index contributed by atoms with van der Waals surface area (Å²) < 4.78 is 19.2. The third-order valence-electron chi connectivity index (χ3n) is 6.66. The highest BCUT2D eigenvalue weighted by Crippen LogP contribution is 2.45. The van der Waals surface area contributed by atoms with Crippen LogP contribution < -0.4 is 10.1 Å². The number of nitrogens with zero attached hydrogens (tertiary/aromatic N) is 1. The van der Waals surface area contributed by atoms with Gasteiger partial charge in [0.15, 0.2) is 0 Å². The van der Waals surface area contributed by atoms with Crippen LogP contribution in [0.15, 0.2) is 78.9 Å². The first-order valence-corrected chi connectivity index (χ1v) is 11.7. The summed E-state index contributed by atoms with van der Waals surface area (Å²) in [6.07, 6.45) is 2.20. The number of carbonyl (C=O) groups is 1. The lowest BCUT2D eigenvalue weighted by Gasteiger charge is -2.45. The number of nitrogens with one attached hydrogen (secondary N) is 1. The minimum absolute atomic E-state index is 0.0661. The zero-order chi connectivity index (χ0) is 22.8. The lowest BCUT2D eigenvalue weighted by Crippen LogP contribution is -2.59. The Balaban J connectivity index is 1.54. The Kier molecular flexibility index (Phi) is 6.09. The first kappa shape index (κ1) is 21.9. The fraction of sp³-hybridized carbons (Fsp3) is 0.296. The van der Waals surface area contributed by atoms with E-state index in [4.69, 9.17) is 16.3 Å². The van der Waals surface area contributed by atoms with Crippen LogP contribution in [0.5, 0.6) is 5.75 Å². The van der Waals surface area contributed by atoms with E-state index in [-0.39, 0.29) is 23.9 Å². The van der Waals surface area contributed by atoms with Gasteiger partial charge in [0.25, 0.3) is 0 Å². The van der Waals surface area contributed by atoms with Gasteiger partial charge in [-0.1, -0.05) is 54.1 Å². The standard InChI is InChI=1S/C27H26ClFN2O2/c28-21-8-6-20(7-9-21)25-17-30-18-27(25,16-19-4-2-1-3-5-19)31(23-12-13-23)26(32)33-24-14-10-22(29)11-15-24/h1-11,14-15,23,25,30H,12-13,16-18H2/t25-,27+/m0/s1. The average molecular weight is 465 g/mol. The molecular formula is C27H26ClFN2O2. The summed E-state index contributed by atoms with van der Waals surface area (Å²) in [5, 5.41) is 4.24. The smallest absolute Gasteiger partial charge is 0.410 e. The van der Waals surface area contributed by atoms with E-state index in [1.54, 1.807) is 0 Å². The Bertz CT molecular complexity index is 1100. The number of carbonyl (C=O) groups excluding carboxylic acids is 1. The highest BCUT2D eigenvalue weighted by Gasteiger charge is 2.55. The first-order valence-electron chi connectivity index (χ1n) is 11.3. The molecule has 0 unspecified atom stereocenters. The summed E-state index contributed by atoms with van der Waals surface area (Å²) in [5.41, 5.74) is 1.80. The van der Waals surface area contributed by atoms with Crippen LogP contribution in [0.2, 0.25) is 5.02 Å². The maximum atomic E-state index is 13.7. The van der Waals surface area contributed by atoms with Crippen molar-refractivity contribution in [1.29, 1.82) is 0 Å². The number of amides is 1. The SMILES string of the molecule is O=C(Oc1ccc(F)cc1)N(C1CC1)[C@]1(Cc2ccccc2)CNC[C@H]1c1ccc(Cl)cc1. The van der Waals surface area contributed by atoms with Crippen LogP contribution >= 0.6 is 11.6 Å². The Labute approximate surface area is 198 Å². The quantitative estimate of drug-likeness (QED) is 0.500. The van der Waals surface area contributed by atoms with E-state index >= 15 is 0 Å². The van der Waals surface area contributed by atoms with Gasteiger partial charge in [-0.2, -0.15) is 0 Å². The van der Waals surface area contributed by atoms with Crippen LogP contribution in [0.4, 0.5) is 9.18 Å². The minimum atomic E-state index is -0.506. The van der Waals surface area contributed by atoms with Gasteiger partial charge in [-0.25, -0.2) is 9.18 Å². The Morgan fingerprint density at radius 3 is 2.39 bits per heavy atom. The van der Waals surface area contributed by atoms with Gasteiger partial charge in [0.1, 0.15) is 11.6 Å². The molecule has 1 amide bonds. The van der Waals surface area contributed by atoms with E-state index in [1.807, 2.05) is 35.2 Å². The van der Waals surface area contributed by atoms with Crippen LogP contribution in [0.3, 0.4) is 0 Å². The van der Waals surface area contributed by atoms with Crippen molar-refractivity contribution in [3.63, 3.8) is 0 Å². The summed E-state index contributed by atoms with van der Waals surface area (Å²) in [5.74, 6) is 0.0458. The Morgan fingerprint density at radius 1 is 1.03 bits per heavy atom. The van der Waals surface area contributed by atoms with Crippen molar-refractivity contribution in [1.82, 2.24) is 10.2 Å². The highest BCUT2D eigenvalue weighted by atomic mass is 35.5. The molecule has 1 saturated carbocycles. The molecule has 1 aliphatic carbocycles. The predicted octanol–water partition coefficient (Wildman–Crippen LogP) is 5.81. The number of ether oxygens (including phenoxy) is 1. The molecule has 0 radical (unpaired) electrons. The van der Waals surface area contributed by atoms with Gasteiger partial charge >= 0.3 is 6.09 Å². The number of halogens is 2. The first-order chi connectivity index (χ1) is 16.0. The molecule has 33 heavy (non-hydrogen) atoms. The van der Waals surface area contributed by atoms with E-state index in [0.29, 0.717) is 23.7 Å². The third kappa shape index (κ3) is 4.61. The van der Waals surface area contributed by atoms with Crippen molar-refractivity contribution in [2.45, 2.75) is 36.8 Å². The highest BCUT2D eigenvalue weighted by molar-refractivity contribution is 6.30. The molecule has 5 rings (SSSR count). The van der Waals surface area contributed by atoms with Crippen molar-refractivity contribution < 1.29 is 13.9 Å². The molecule has 170 valence electrons. The zero-order valence-corrected chi connectivity index (χ0v) is 19.0. The number of benzene rings is 3. The third-order valence-corrected chi connectivity index (χ3v) is 6.91. The molecule has 3 aromatic rings. The van der Waals surface area contributed by atoms with Crippen LogP contribution in [0.1, 0.15) is 29.9 Å². The maximum Gasteiger partial charge on any atom is 0.416 e. The molecule has 2 fully saturated rings. The van der Waals surface area contributed by atoms with E-state index < -0.39 is 5.54 Å². The predicted molar refractivity (Wildman–Crippen MR) is 127 cm³/mol. The van der Waals surface area contributed by atoms with Crippen molar-refractivity contribution in [3.05, 3.63) is 101 Å². The van der Waals surface area contributed by atoms with Gasteiger partial charge in [-0.05, 0) is 66.8 Å². The van der Waals surface area contributed by atoms with Crippen LogP contribution in [-0.4, -0.2) is 35.7 Å². The van der Waals surface area contributed by atoms with E-state index in [2.05, 4.69) is 29.6 Å². The van der Waals surface area contributed by atoms with Crippen LogP contribution in [0.25, 0.3) is 0 Å². The fourth-order valence-electron chi connectivity index (χ4n) is 5.02. The lowest BCUT2D eigenvalue weighted by molar-refractivity contribution is 0.0740. The molecular weight excluding hydrogens is 439 g/mol. The summed E-state index contributed by atoms with van der Waals surface area (Å²) in [4.78, 5) is 15.6. The largest absolute Gasteiger partial charge is 0.416 e. The average Bonchev–Trinajstić information content (AvgIpc) is 3.56. The second-order valence-corrected chi connectivity index (χ2v) is 9.36. The molecule has 1 saturated heterocycles. The zero-order valence-electron chi connectivity index (χ0n) is 18.2. The van der Waals surface area contributed by atoms with Crippen molar-refractivity contribution in [2.24, 2.45) is 0 Å². The molecule has 4 nitrogen and oxygen atoms in total. The number of rotatable bonds is 6. The summed E-state index contributed by atoms with van der Waals surface area (Å²) in [7, 11) is 0. The summed E-state index contributed by atoms with van der Waals surface area (Å²) in [6, 6.07) is 23.9. The molecule has 2 atom stereocenters. The van der Waals surface area contributed by atoms with Gasteiger partial charge in [0, 0.05) is 30.1 Å². The molecule has 6 heteroatoms. The molecule has 1 N–H and O–H groups in total.